The number of rotatable bonds is 8. The number of urea groups is 1. The van der Waals surface area contributed by atoms with Crippen molar-refractivity contribution in [2.45, 2.75) is 117 Å². The number of hydrogen-bond donors (Lipinski definition) is 3. The first-order chi connectivity index (χ1) is 30.0. The van der Waals surface area contributed by atoms with Crippen LogP contribution < -0.4 is 10.7 Å². The number of aryl methyl sites for hydroxylation is 1. The molecule has 3 N–H and O–H groups in total. The molecule has 3 aliphatic heterocycles. The maximum atomic E-state index is 14.6. The van der Waals surface area contributed by atoms with Gasteiger partial charge in [-0.15, -0.1) is 11.3 Å². The zero-order valence-electron chi connectivity index (χ0n) is 37.8. The molecule has 1 saturated carbocycles. The number of pyridine rings is 1. The summed E-state index contributed by atoms with van der Waals surface area (Å²) >= 11 is 1.42. The summed E-state index contributed by atoms with van der Waals surface area (Å²) in [4.78, 5) is 69.6. The van der Waals surface area contributed by atoms with Crippen LogP contribution in [0.3, 0.4) is 0 Å². The number of ether oxygens (including phenoxy) is 2. The lowest BCUT2D eigenvalue weighted by atomic mass is 9.62. The number of amides is 4. The van der Waals surface area contributed by atoms with Gasteiger partial charge in [-0.1, -0.05) is 33.8 Å². The average Bonchev–Trinajstić information content (AvgIpc) is 3.83. The number of methoxy groups -OCH3 is 1. The highest BCUT2D eigenvalue weighted by molar-refractivity contribution is 7.10. The smallest absolute Gasteiger partial charge is 0.324 e. The molecule has 1 aromatic carbocycles. The average molecular weight is 883 g/mol. The molecule has 63 heavy (non-hydrogen) atoms. The van der Waals surface area contributed by atoms with E-state index in [9.17, 15) is 24.3 Å². The topological polar surface area (TPSA) is 171 Å². The largest absolute Gasteiger partial charge is 0.464 e. The van der Waals surface area contributed by atoms with Gasteiger partial charge in [0.15, 0.2) is 0 Å². The van der Waals surface area contributed by atoms with Gasteiger partial charge in [0.25, 0.3) is 5.91 Å². The fraction of sp³-hybridized carbons (Fsp3) is 0.574. The lowest BCUT2D eigenvalue weighted by molar-refractivity contribution is -0.155. The highest BCUT2D eigenvalue weighted by Crippen LogP contribution is 2.48. The first kappa shape index (κ1) is 44.7. The monoisotopic (exact) mass is 882 g/mol. The third kappa shape index (κ3) is 8.71. The Morgan fingerprint density at radius 1 is 1.16 bits per heavy atom. The molecule has 16 heteroatoms. The van der Waals surface area contributed by atoms with Gasteiger partial charge in [-0.25, -0.2) is 15.2 Å². The van der Waals surface area contributed by atoms with Gasteiger partial charge >= 0.3 is 12.0 Å². The van der Waals surface area contributed by atoms with Crippen molar-refractivity contribution in [3.05, 3.63) is 58.2 Å². The molecule has 15 nitrogen and oxygen atoms in total. The molecule has 3 fully saturated rings. The van der Waals surface area contributed by atoms with Crippen molar-refractivity contribution in [3.63, 3.8) is 0 Å². The number of likely N-dealkylation sites (tertiary alicyclic amines) is 1. The number of thiazole rings is 1. The predicted molar refractivity (Wildman–Crippen MR) is 240 cm³/mol. The number of cyclic esters (lactones) is 1. The van der Waals surface area contributed by atoms with E-state index in [0.29, 0.717) is 63.3 Å². The van der Waals surface area contributed by atoms with E-state index in [4.69, 9.17) is 19.4 Å². The fourth-order valence-electron chi connectivity index (χ4n) is 10.2. The summed E-state index contributed by atoms with van der Waals surface area (Å²) < 4.78 is 14.2. The highest BCUT2D eigenvalue weighted by Gasteiger charge is 2.54. The first-order valence-electron chi connectivity index (χ1n) is 22.3. The molecular formula is C47H62N8O7S. The second-order valence-corrected chi connectivity index (χ2v) is 20.2. The van der Waals surface area contributed by atoms with Crippen LogP contribution >= 0.6 is 11.3 Å². The van der Waals surface area contributed by atoms with Crippen LogP contribution in [-0.4, -0.2) is 123 Å². The van der Waals surface area contributed by atoms with Crippen LogP contribution in [0.25, 0.3) is 33.4 Å². The molecule has 4 atom stereocenters. The molecule has 3 aromatic heterocycles. The Hall–Kier alpha value is -4.90. The highest BCUT2D eigenvalue weighted by atomic mass is 32.1. The van der Waals surface area contributed by atoms with E-state index >= 15 is 0 Å². The van der Waals surface area contributed by atoms with Crippen LogP contribution in [-0.2, 0) is 43.2 Å². The Labute approximate surface area is 373 Å². The Morgan fingerprint density at radius 2 is 1.92 bits per heavy atom. The van der Waals surface area contributed by atoms with E-state index in [0.717, 1.165) is 44.7 Å². The quantitative estimate of drug-likeness (QED) is 0.186. The molecule has 4 aromatic rings. The molecule has 8 rings (SSSR count). The second kappa shape index (κ2) is 17.6. The molecule has 338 valence electrons. The number of benzene rings is 1. The lowest BCUT2D eigenvalue weighted by Gasteiger charge is -2.58. The Kier molecular flexibility index (Phi) is 12.5. The number of nitrogens with one attached hydrogen (secondary N) is 2. The van der Waals surface area contributed by atoms with Crippen molar-refractivity contribution in [1.82, 2.24) is 40.1 Å². The molecule has 2 saturated heterocycles. The third-order valence-corrected chi connectivity index (χ3v) is 14.3. The normalized spacial score (nSPS) is 22.3. The van der Waals surface area contributed by atoms with E-state index in [1.807, 2.05) is 32.2 Å². The van der Waals surface area contributed by atoms with E-state index in [1.165, 1.54) is 21.2 Å². The summed E-state index contributed by atoms with van der Waals surface area (Å²) in [7, 11) is 3.32. The second-order valence-electron chi connectivity index (χ2n) is 19.3. The van der Waals surface area contributed by atoms with Crippen molar-refractivity contribution in [2.75, 3.05) is 40.4 Å². The number of hydrogen-bond acceptors (Lipinski definition) is 11. The van der Waals surface area contributed by atoms with Gasteiger partial charge in [0, 0.05) is 91.2 Å². The van der Waals surface area contributed by atoms with Crippen LogP contribution in [0.5, 0.6) is 0 Å². The molecule has 0 radical (unpaired) electrons. The Balaban J connectivity index is 1.16. The van der Waals surface area contributed by atoms with Crippen molar-refractivity contribution in [1.29, 1.82) is 0 Å². The molecule has 0 unspecified atom stereocenters. The standard InChI is InChI=1S/C47H62N8O7S/c1-9-54-37-15-14-29-18-32(37)33(41(54)31-12-10-16-48-39(31)28(4)61-8)22-46(5,6)26-62-44(59)34-13-11-17-55(51-34)43(58)35(19-38-49-36(29)23-63-38)50-42(57)40(27(2)3)52(7)45(60)53-24-47(25-53)20-30(56)21-47/h10,12,14-16,18,23,27-28,30,34-35,40,51,56H,9,11,13,17,19-22,24-26H2,1-8H3,(H,50,57)/t28-,34-,35-,40-/m0/s1. The molecular weight excluding hydrogens is 821 g/mol. The summed E-state index contributed by atoms with van der Waals surface area (Å²) in [6, 6.07) is 7.49. The minimum Gasteiger partial charge on any atom is -0.464 e. The van der Waals surface area contributed by atoms with Crippen molar-refractivity contribution >= 4 is 46.1 Å². The van der Waals surface area contributed by atoms with Crippen molar-refractivity contribution in [2.24, 2.45) is 16.7 Å². The van der Waals surface area contributed by atoms with E-state index < -0.39 is 41.3 Å². The summed E-state index contributed by atoms with van der Waals surface area (Å²) in [5, 5.41) is 18.0. The number of carbonyl (C=O) groups excluding carboxylic acids is 4. The third-order valence-electron chi connectivity index (χ3n) is 13.4. The fourth-order valence-corrected chi connectivity index (χ4v) is 11.0. The molecule has 6 bridgehead atoms. The number of aromatic nitrogens is 3. The SMILES string of the molecule is CCn1c(-c2cccnc2[C@H](C)OC)c2c3cc(ccc31)-c1csc(n1)C[C@H](NC(=O)[C@H](C(C)C)N(C)C(=O)N1CC3(CC(O)C3)C1)C(=O)N1CCC[C@H](N1)C(=O)OCC(C)(C)C2. The minimum absolute atomic E-state index is 0.0289. The van der Waals surface area contributed by atoms with Gasteiger partial charge in [-0.2, -0.15) is 0 Å². The zero-order valence-corrected chi connectivity index (χ0v) is 38.6. The van der Waals surface area contributed by atoms with Crippen molar-refractivity contribution in [3.8, 4) is 22.5 Å². The van der Waals surface area contributed by atoms with E-state index in [1.54, 1.807) is 25.3 Å². The van der Waals surface area contributed by atoms with Crippen LogP contribution in [0.4, 0.5) is 4.79 Å². The number of hydrazine groups is 1. The molecule has 4 aliphatic rings. The summed E-state index contributed by atoms with van der Waals surface area (Å²) in [5.74, 6) is -1.57. The number of aliphatic hydroxyl groups is 1. The number of likely N-dealkylation sites (N-methyl/N-ethyl adjacent to an activating group) is 1. The Morgan fingerprint density at radius 3 is 2.62 bits per heavy atom. The molecule has 6 heterocycles. The van der Waals surface area contributed by atoms with Gasteiger partial charge in [0.05, 0.1) is 40.9 Å². The van der Waals surface area contributed by atoms with Crippen LogP contribution in [0.2, 0.25) is 0 Å². The molecule has 4 amide bonds. The van der Waals surface area contributed by atoms with Gasteiger partial charge in [-0.3, -0.25) is 24.4 Å². The summed E-state index contributed by atoms with van der Waals surface area (Å²) in [6.45, 7) is 14.4. The van der Waals surface area contributed by atoms with Crippen molar-refractivity contribution < 1.29 is 33.8 Å². The van der Waals surface area contributed by atoms with Gasteiger partial charge in [-0.05, 0) is 81.7 Å². The van der Waals surface area contributed by atoms with Gasteiger partial charge < -0.3 is 34.3 Å². The Bertz CT molecular complexity index is 2380. The zero-order chi connectivity index (χ0) is 45.0. The number of esters is 1. The van der Waals surface area contributed by atoms with Gasteiger partial charge in [0.1, 0.15) is 18.1 Å². The lowest BCUT2D eigenvalue weighted by Crippen LogP contribution is -2.68. The van der Waals surface area contributed by atoms with E-state index in [2.05, 4.69) is 60.3 Å². The summed E-state index contributed by atoms with van der Waals surface area (Å²) in [5.41, 5.74) is 9.31. The molecule has 1 spiro atoms. The minimum atomic E-state index is -1.05. The maximum absolute atomic E-state index is 14.6. The van der Waals surface area contributed by atoms with Crippen LogP contribution in [0.15, 0.2) is 41.9 Å². The summed E-state index contributed by atoms with van der Waals surface area (Å²) in [6.07, 6.45) is 4.31. The number of nitrogens with zero attached hydrogens (tertiary/aromatic N) is 6. The van der Waals surface area contributed by atoms with Gasteiger partial charge in [0.2, 0.25) is 5.91 Å². The van der Waals surface area contributed by atoms with E-state index in [-0.39, 0.29) is 42.6 Å². The van der Waals surface area contributed by atoms with Crippen LogP contribution in [0.1, 0.15) is 89.6 Å². The van der Waals surface area contributed by atoms with Crippen LogP contribution in [0, 0.1) is 16.7 Å². The number of carbonyl (C=O) groups is 4. The maximum Gasteiger partial charge on any atom is 0.324 e. The number of aliphatic hydroxyl groups excluding tert-OH is 1. The first-order valence-corrected chi connectivity index (χ1v) is 23.2. The predicted octanol–water partition coefficient (Wildman–Crippen LogP) is 5.74. The molecule has 1 aliphatic carbocycles. The number of fused-ring (bicyclic) bond motifs is 6.